The quantitative estimate of drug-likeness (QED) is 0.111. The molecule has 4 heterocycles. The third-order valence-electron chi connectivity index (χ3n) is 12.4. The van der Waals surface area contributed by atoms with Gasteiger partial charge in [0.15, 0.2) is 0 Å². The minimum absolute atomic E-state index is 0.0828. The van der Waals surface area contributed by atoms with Crippen molar-refractivity contribution in [1.29, 1.82) is 0 Å². The topological polar surface area (TPSA) is 176 Å². The summed E-state index contributed by atoms with van der Waals surface area (Å²) in [6, 6.07) is 19.2. The van der Waals surface area contributed by atoms with Crippen LogP contribution in [0.15, 0.2) is 85.5 Å². The molecule has 3 unspecified atom stereocenters. The Balaban J connectivity index is 0.931. The van der Waals surface area contributed by atoms with Crippen molar-refractivity contribution >= 4 is 17.9 Å². The third-order valence-corrected chi connectivity index (χ3v) is 12.4. The van der Waals surface area contributed by atoms with Crippen LogP contribution in [0.3, 0.4) is 0 Å². The number of fused-ring (bicyclic) bond motifs is 2. The number of imidazole rings is 2. The van der Waals surface area contributed by atoms with Crippen LogP contribution in [0.25, 0.3) is 33.6 Å². The number of rotatable bonds is 13. The number of likely N-dealkylation sites (tertiary alicyclic amines) is 1. The molecule has 3 aromatic heterocycles. The number of nitrogens with zero attached hydrogens (tertiary/aromatic N) is 4. The van der Waals surface area contributed by atoms with E-state index in [-0.39, 0.29) is 29.8 Å². The molecular weight excluding hydrogens is 737 g/mol. The average molecular weight is 787 g/mol. The monoisotopic (exact) mass is 786 g/mol. The van der Waals surface area contributed by atoms with Gasteiger partial charge in [0, 0.05) is 52.0 Å². The number of carbonyl (C=O) groups is 3. The minimum atomic E-state index is -0.952. The van der Waals surface area contributed by atoms with E-state index >= 15 is 0 Å². The second kappa shape index (κ2) is 16.9. The second-order valence-corrected chi connectivity index (χ2v) is 15.6. The number of amides is 3. The van der Waals surface area contributed by atoms with Gasteiger partial charge in [0.25, 0.3) is 0 Å². The lowest BCUT2D eigenvalue weighted by Crippen LogP contribution is -2.54. The number of aromatic nitrogens is 5. The highest BCUT2D eigenvalue weighted by atomic mass is 16.5. The summed E-state index contributed by atoms with van der Waals surface area (Å²) >= 11 is 0. The number of aromatic amines is 2. The fraction of sp³-hybridized carbons (Fsp3) is 0.409. The number of nitrogens with one attached hydrogen (secondary N) is 4. The zero-order valence-corrected chi connectivity index (χ0v) is 33.2. The van der Waals surface area contributed by atoms with E-state index in [2.05, 4.69) is 67.0 Å². The predicted molar refractivity (Wildman–Crippen MR) is 216 cm³/mol. The molecule has 5 aromatic rings. The first-order valence-corrected chi connectivity index (χ1v) is 19.9. The molecule has 8 rings (SSSR count). The number of benzene rings is 2. The first-order valence-electron chi connectivity index (χ1n) is 19.9. The number of hydrogen-bond donors (Lipinski definition) is 4. The molecule has 302 valence electrons. The van der Waals surface area contributed by atoms with Gasteiger partial charge in [-0.3, -0.25) is 14.6 Å². The van der Waals surface area contributed by atoms with Crippen LogP contribution >= 0.6 is 0 Å². The van der Waals surface area contributed by atoms with Gasteiger partial charge in [-0.25, -0.2) is 14.8 Å². The van der Waals surface area contributed by atoms with Crippen LogP contribution < -0.4 is 10.6 Å². The van der Waals surface area contributed by atoms with E-state index in [9.17, 15) is 14.4 Å². The van der Waals surface area contributed by atoms with Crippen molar-refractivity contribution in [3.05, 3.63) is 103 Å². The summed E-state index contributed by atoms with van der Waals surface area (Å²) in [5, 5.41) is 5.80. The highest BCUT2D eigenvalue weighted by Crippen LogP contribution is 2.56. The SMILES string of the molecule is COC(=O)N[C@H](C(=O)N1C[C@@H](OC)C[C@H]1c1ncc(-c2ccc(-c3ccc(-c4cnc(C5C6CCC(C6)[C@H]5C(=O)NCc5cccnc5)[nH]4)cc3)cc2)[nH]1)[C@@H](C)OC. The first kappa shape index (κ1) is 39.0. The van der Waals surface area contributed by atoms with Crippen molar-refractivity contribution in [3.63, 3.8) is 0 Å². The number of H-pyrrole nitrogens is 2. The molecule has 0 spiro atoms. The van der Waals surface area contributed by atoms with Crippen LogP contribution in [-0.4, -0.2) is 93.9 Å². The van der Waals surface area contributed by atoms with E-state index in [4.69, 9.17) is 19.2 Å². The van der Waals surface area contributed by atoms with E-state index < -0.39 is 24.3 Å². The fourth-order valence-corrected chi connectivity index (χ4v) is 9.21. The maximum atomic E-state index is 13.8. The van der Waals surface area contributed by atoms with Gasteiger partial charge >= 0.3 is 6.09 Å². The van der Waals surface area contributed by atoms with E-state index in [0.29, 0.717) is 37.2 Å². The Morgan fingerprint density at radius 3 is 2.09 bits per heavy atom. The van der Waals surface area contributed by atoms with E-state index in [1.165, 1.54) is 14.2 Å². The maximum absolute atomic E-state index is 13.8. The Hall–Kier alpha value is -5.86. The summed E-state index contributed by atoms with van der Waals surface area (Å²) in [7, 11) is 4.37. The Labute approximate surface area is 337 Å². The summed E-state index contributed by atoms with van der Waals surface area (Å²) in [5.41, 5.74) is 6.87. The largest absolute Gasteiger partial charge is 0.453 e. The summed E-state index contributed by atoms with van der Waals surface area (Å²) in [5.74, 6) is 2.17. The van der Waals surface area contributed by atoms with Gasteiger partial charge in [0.2, 0.25) is 11.8 Å². The molecule has 8 atom stereocenters. The summed E-state index contributed by atoms with van der Waals surface area (Å²) < 4.78 is 15.8. The Morgan fingerprint density at radius 1 is 0.828 bits per heavy atom. The number of ether oxygens (including phenoxy) is 3. The van der Waals surface area contributed by atoms with Crippen molar-refractivity contribution in [2.75, 3.05) is 27.9 Å². The number of methoxy groups -OCH3 is 3. The van der Waals surface area contributed by atoms with Gasteiger partial charge in [0.05, 0.1) is 55.1 Å². The van der Waals surface area contributed by atoms with Gasteiger partial charge in [-0.2, -0.15) is 0 Å². The Kier molecular flexibility index (Phi) is 11.4. The lowest BCUT2D eigenvalue weighted by molar-refractivity contribution is -0.138. The molecule has 58 heavy (non-hydrogen) atoms. The van der Waals surface area contributed by atoms with Gasteiger partial charge in [-0.15, -0.1) is 0 Å². The molecule has 2 bridgehead atoms. The molecule has 3 amide bonds. The Morgan fingerprint density at radius 2 is 1.47 bits per heavy atom. The maximum Gasteiger partial charge on any atom is 0.407 e. The predicted octanol–water partition coefficient (Wildman–Crippen LogP) is 6.02. The standard InChI is InChI=1S/C44H50N8O6/c1-25(56-2)39(51-44(55)58-4)43(54)52-24-33(57-3)19-36(52)40-46-22-34(49-40)29-11-7-27(8-12-29)28-9-13-30(14-10-28)35-23-47-41(50-35)37-31-15-16-32(18-31)38(37)42(53)48-21-26-6-5-17-45-20-26/h5-14,17,20,22-23,25,31-33,36-39H,15-16,18-19,21,24H2,1-4H3,(H,46,49)(H,47,50)(H,48,53)(H,51,55)/t25-,31?,32?,33+,36+,37?,38-,39+/m1/s1. The van der Waals surface area contributed by atoms with Crippen LogP contribution in [0.1, 0.15) is 61.8 Å². The lowest BCUT2D eigenvalue weighted by atomic mass is 9.78. The Bertz CT molecular complexity index is 2210. The van der Waals surface area contributed by atoms with Gasteiger partial charge in [0.1, 0.15) is 17.7 Å². The van der Waals surface area contributed by atoms with Crippen LogP contribution in [0, 0.1) is 17.8 Å². The highest BCUT2D eigenvalue weighted by Gasteiger charge is 2.52. The molecule has 0 radical (unpaired) electrons. The highest BCUT2D eigenvalue weighted by molar-refractivity contribution is 5.87. The van der Waals surface area contributed by atoms with E-state index in [1.807, 2.05) is 30.5 Å². The average Bonchev–Trinajstić information content (AvgIpc) is 4.13. The molecule has 2 aliphatic carbocycles. The lowest BCUT2D eigenvalue weighted by Gasteiger charge is -2.30. The van der Waals surface area contributed by atoms with Crippen LogP contribution in [0.2, 0.25) is 0 Å². The molecule has 3 aliphatic rings. The van der Waals surface area contributed by atoms with Crippen molar-refractivity contribution in [1.82, 2.24) is 40.5 Å². The van der Waals surface area contributed by atoms with Crippen LogP contribution in [0.5, 0.6) is 0 Å². The first-order chi connectivity index (χ1) is 28.2. The number of carbonyl (C=O) groups excluding carboxylic acids is 3. The summed E-state index contributed by atoms with van der Waals surface area (Å²) in [6.45, 7) is 2.54. The van der Waals surface area contributed by atoms with Crippen molar-refractivity contribution in [3.8, 4) is 33.6 Å². The molecule has 14 nitrogen and oxygen atoms in total. The van der Waals surface area contributed by atoms with Crippen LogP contribution in [-0.2, 0) is 30.3 Å². The second-order valence-electron chi connectivity index (χ2n) is 15.6. The zero-order valence-electron chi connectivity index (χ0n) is 33.2. The number of hydrogen-bond acceptors (Lipinski definition) is 9. The third kappa shape index (κ3) is 7.86. The van der Waals surface area contributed by atoms with E-state index in [1.54, 1.807) is 37.5 Å². The minimum Gasteiger partial charge on any atom is -0.453 e. The van der Waals surface area contributed by atoms with E-state index in [0.717, 1.165) is 64.3 Å². The van der Waals surface area contributed by atoms with Crippen molar-refractivity contribution in [2.24, 2.45) is 17.8 Å². The van der Waals surface area contributed by atoms with Crippen molar-refractivity contribution < 1.29 is 28.6 Å². The molecule has 14 heteroatoms. The number of alkyl carbamates (subject to hydrolysis) is 1. The summed E-state index contributed by atoms with van der Waals surface area (Å²) in [6.07, 6.45) is 9.53. The van der Waals surface area contributed by atoms with Gasteiger partial charge in [-0.1, -0.05) is 54.6 Å². The molecule has 2 saturated carbocycles. The van der Waals surface area contributed by atoms with Crippen LogP contribution in [0.4, 0.5) is 4.79 Å². The molecule has 1 aliphatic heterocycles. The summed E-state index contributed by atoms with van der Waals surface area (Å²) in [4.78, 5) is 61.9. The zero-order chi connectivity index (χ0) is 40.3. The molecule has 4 N–H and O–H groups in total. The fourth-order valence-electron chi connectivity index (χ4n) is 9.21. The number of pyridine rings is 1. The molecular formula is C44H50N8O6. The smallest absolute Gasteiger partial charge is 0.407 e. The van der Waals surface area contributed by atoms with Crippen molar-refractivity contribution in [2.45, 2.75) is 69.4 Å². The van der Waals surface area contributed by atoms with Gasteiger partial charge < -0.3 is 39.7 Å². The molecule has 2 aromatic carbocycles. The molecule has 1 saturated heterocycles. The van der Waals surface area contributed by atoms with Gasteiger partial charge in [-0.05, 0) is 71.9 Å². The normalized spacial score (nSPS) is 23.4. The molecule has 3 fully saturated rings.